The van der Waals surface area contributed by atoms with Crippen LogP contribution >= 0.6 is 0 Å². The average molecular weight is 247 g/mol. The van der Waals surface area contributed by atoms with Gasteiger partial charge in [-0.25, -0.2) is 0 Å². The molecule has 0 saturated heterocycles. The third-order valence-electron chi connectivity index (χ3n) is 4.12. The minimum absolute atomic E-state index is 0.0794. The van der Waals surface area contributed by atoms with Crippen LogP contribution in [0.15, 0.2) is 0 Å². The maximum atomic E-state index is 6.55. The van der Waals surface area contributed by atoms with E-state index in [2.05, 4.69) is 67.4 Å². The van der Waals surface area contributed by atoms with Gasteiger partial charge in [0.15, 0.2) is 8.32 Å². The maximum absolute atomic E-state index is 6.55. The highest BCUT2D eigenvalue weighted by atomic mass is 28.4. The summed E-state index contributed by atoms with van der Waals surface area (Å²) in [7, 11) is -2.88. The van der Waals surface area contributed by atoms with Gasteiger partial charge in [-0.15, -0.1) is 0 Å². The van der Waals surface area contributed by atoms with E-state index in [-0.39, 0.29) is 5.22 Å². The second kappa shape index (κ2) is 4.00. The van der Waals surface area contributed by atoms with Gasteiger partial charge in [-0.2, -0.15) is 0 Å². The van der Waals surface area contributed by atoms with Gasteiger partial charge in [0.2, 0.25) is 0 Å². The van der Waals surface area contributed by atoms with E-state index in [1.54, 1.807) is 0 Å². The molecule has 0 aromatic rings. The lowest BCUT2D eigenvalue weighted by Crippen LogP contribution is -2.57. The quantitative estimate of drug-likeness (QED) is 0.658. The van der Waals surface area contributed by atoms with Gasteiger partial charge >= 0.3 is 0 Å². The minimum atomic E-state index is -1.62. The monoisotopic (exact) mass is 246 g/mol. The molecule has 0 bridgehead atoms. The van der Waals surface area contributed by atoms with E-state index in [4.69, 9.17) is 4.43 Å². The zero-order valence-corrected chi connectivity index (χ0v) is 14.4. The molecule has 0 fully saturated rings. The van der Waals surface area contributed by atoms with Crippen LogP contribution < -0.4 is 0 Å². The molecule has 0 aliphatic rings. The first-order valence-corrected chi connectivity index (χ1v) is 12.3. The zero-order valence-electron chi connectivity index (χ0n) is 12.4. The van der Waals surface area contributed by atoms with E-state index in [0.29, 0.717) is 5.04 Å². The van der Waals surface area contributed by atoms with Crippen LogP contribution in [0.2, 0.25) is 37.8 Å². The highest BCUT2D eigenvalue weighted by molar-refractivity contribution is 6.81. The lowest BCUT2D eigenvalue weighted by atomic mass is 10.2. The summed E-state index contributed by atoms with van der Waals surface area (Å²) in [6, 6.07) is 0. The van der Waals surface area contributed by atoms with E-state index in [0.717, 1.165) is 0 Å². The van der Waals surface area contributed by atoms with Crippen molar-refractivity contribution in [3.05, 3.63) is 0 Å². The van der Waals surface area contributed by atoms with Crippen LogP contribution in [-0.4, -0.2) is 21.6 Å². The molecule has 0 saturated carbocycles. The van der Waals surface area contributed by atoms with Crippen LogP contribution in [-0.2, 0) is 4.43 Å². The molecule has 0 radical (unpaired) electrons. The summed E-state index contributed by atoms with van der Waals surface area (Å²) in [5.74, 6) is 0. The van der Waals surface area contributed by atoms with Gasteiger partial charge < -0.3 is 4.43 Å². The van der Waals surface area contributed by atoms with Crippen molar-refractivity contribution in [1.29, 1.82) is 0 Å². The fourth-order valence-corrected chi connectivity index (χ4v) is 4.52. The lowest BCUT2D eigenvalue weighted by molar-refractivity contribution is 0.164. The molecule has 15 heavy (non-hydrogen) atoms. The molecule has 0 N–H and O–H groups in total. The summed E-state index contributed by atoms with van der Waals surface area (Å²) in [5.41, 5.74) is 0. The average Bonchev–Trinajstić information content (AvgIpc) is 1.77. The Hall–Kier alpha value is 0.394. The van der Waals surface area contributed by atoms with Crippen molar-refractivity contribution in [2.45, 2.75) is 77.6 Å². The van der Waals surface area contributed by atoms with Crippen LogP contribution in [0.25, 0.3) is 0 Å². The van der Waals surface area contributed by atoms with Gasteiger partial charge in [-0.05, 0) is 32.0 Å². The molecule has 92 valence electrons. The zero-order chi connectivity index (χ0) is 12.7. The van der Waals surface area contributed by atoms with Crippen LogP contribution in [0, 0.1) is 0 Å². The first kappa shape index (κ1) is 15.4. The molecule has 0 aromatic heterocycles. The Morgan fingerprint density at radius 2 is 1.07 bits per heavy atom. The third-order valence-corrected chi connectivity index (χ3v) is 12.7. The molecule has 0 aliphatic heterocycles. The molecule has 0 heterocycles. The van der Waals surface area contributed by atoms with Crippen LogP contribution in [0.4, 0.5) is 0 Å². The molecule has 1 nitrogen and oxygen atoms in total. The number of hydrogen-bond acceptors (Lipinski definition) is 1. The Morgan fingerprint density at radius 3 is 1.27 bits per heavy atom. The van der Waals surface area contributed by atoms with Crippen LogP contribution in [0.3, 0.4) is 0 Å². The Morgan fingerprint density at radius 1 is 0.733 bits per heavy atom. The highest BCUT2D eigenvalue weighted by Crippen LogP contribution is 2.40. The Bertz CT molecular complexity index is 195. The largest absolute Gasteiger partial charge is 0.415 e. The van der Waals surface area contributed by atoms with Gasteiger partial charge in [0.1, 0.15) is 0 Å². The van der Waals surface area contributed by atoms with Gasteiger partial charge in [0.05, 0.1) is 8.07 Å². The van der Waals surface area contributed by atoms with E-state index < -0.39 is 16.4 Å². The van der Waals surface area contributed by atoms with Gasteiger partial charge in [-0.3, -0.25) is 0 Å². The predicted molar refractivity (Wildman–Crippen MR) is 75.7 cm³/mol. The Balaban J connectivity index is 4.89. The second-order valence-corrected chi connectivity index (χ2v) is 18.1. The van der Waals surface area contributed by atoms with E-state index >= 15 is 0 Å². The molecule has 0 aromatic carbocycles. The fourth-order valence-electron chi connectivity index (χ4n) is 0.944. The fraction of sp³-hybridized carbons (Fsp3) is 1.00. The molecule has 3 heteroatoms. The molecule has 0 atom stereocenters. The summed E-state index contributed by atoms with van der Waals surface area (Å²) < 4.78 is 6.55. The molecule has 0 rings (SSSR count). The van der Waals surface area contributed by atoms with Gasteiger partial charge in [0, 0.05) is 5.22 Å². The molecular formula is C12H30OSi2. The summed E-state index contributed by atoms with van der Waals surface area (Å²) in [5, 5.41) is 0.389. The third kappa shape index (κ3) is 3.72. The van der Waals surface area contributed by atoms with Crippen molar-refractivity contribution in [3.8, 4) is 0 Å². The first-order chi connectivity index (χ1) is 6.21. The molecule has 0 aliphatic carbocycles. The van der Waals surface area contributed by atoms with Gasteiger partial charge in [-0.1, -0.05) is 40.4 Å². The highest BCUT2D eigenvalue weighted by Gasteiger charge is 2.45. The first-order valence-electron chi connectivity index (χ1n) is 5.91. The topological polar surface area (TPSA) is 9.23 Å². The number of hydrogen-bond donors (Lipinski definition) is 0. The normalized spacial score (nSPS) is 15.6. The number of rotatable bonds is 3. The van der Waals surface area contributed by atoms with E-state index in [1.165, 1.54) is 0 Å². The van der Waals surface area contributed by atoms with E-state index in [1.807, 2.05) is 0 Å². The molecule has 0 spiro atoms. The van der Waals surface area contributed by atoms with Crippen molar-refractivity contribution in [2.75, 3.05) is 0 Å². The standard InChI is InChI=1S/C12H30OSi2/c1-11(2,3)15(9,10)13-12(4,5)14(6,7)8/h1-10H3. The van der Waals surface area contributed by atoms with Crippen LogP contribution in [0.5, 0.6) is 0 Å². The summed E-state index contributed by atoms with van der Waals surface area (Å²) >= 11 is 0. The molecule has 0 unspecified atom stereocenters. The Kier molecular flexibility index (Phi) is 4.11. The van der Waals surface area contributed by atoms with Crippen molar-refractivity contribution < 1.29 is 4.43 Å². The predicted octanol–water partition coefficient (Wildman–Crippen LogP) is 4.66. The lowest BCUT2D eigenvalue weighted by Gasteiger charge is -2.47. The molecular weight excluding hydrogens is 216 g/mol. The summed E-state index contributed by atoms with van der Waals surface area (Å²) in [4.78, 5) is 0. The van der Waals surface area contributed by atoms with Crippen molar-refractivity contribution in [2.24, 2.45) is 0 Å². The van der Waals surface area contributed by atoms with Crippen molar-refractivity contribution >= 4 is 16.4 Å². The van der Waals surface area contributed by atoms with Crippen molar-refractivity contribution in [1.82, 2.24) is 0 Å². The second-order valence-electron chi connectivity index (χ2n) is 7.62. The van der Waals surface area contributed by atoms with Crippen LogP contribution in [0.1, 0.15) is 34.6 Å². The van der Waals surface area contributed by atoms with Crippen molar-refractivity contribution in [3.63, 3.8) is 0 Å². The SMILES string of the molecule is CC(C)(O[Si](C)(C)C(C)(C)C)[Si](C)(C)C. The smallest absolute Gasteiger partial charge is 0.192 e. The van der Waals surface area contributed by atoms with Gasteiger partial charge in [0.25, 0.3) is 0 Å². The minimum Gasteiger partial charge on any atom is -0.415 e. The summed E-state index contributed by atoms with van der Waals surface area (Å²) in [6.07, 6.45) is 0. The maximum Gasteiger partial charge on any atom is 0.192 e. The van der Waals surface area contributed by atoms with E-state index in [9.17, 15) is 0 Å². The summed E-state index contributed by atoms with van der Waals surface area (Å²) in [6.45, 7) is 23.3. The Labute approximate surface area is 98.8 Å². The molecule has 0 amide bonds.